The molecule has 0 N–H and O–H groups in total. The van der Waals surface area contributed by atoms with Crippen molar-refractivity contribution in [3.63, 3.8) is 0 Å². The molecule has 0 spiro atoms. The first-order valence-corrected chi connectivity index (χ1v) is 13.1. The van der Waals surface area contributed by atoms with Crippen molar-refractivity contribution in [2.24, 2.45) is 0 Å². The Bertz CT molecular complexity index is 1210. The Morgan fingerprint density at radius 2 is 1.93 bits per heavy atom. The molecule has 0 saturated carbocycles. The molecule has 0 saturated heterocycles. The fourth-order valence-corrected chi connectivity index (χ4v) is 6.64. The SMILES string of the molecule is CCCCCCSc1nnc2c3sc4nc(C(C)C)c5c(c4c3ncn12)CCCC5. The van der Waals surface area contributed by atoms with Gasteiger partial charge in [0.05, 0.1) is 5.52 Å². The van der Waals surface area contributed by atoms with E-state index in [0.717, 1.165) is 44.4 Å². The Morgan fingerprint density at radius 3 is 2.73 bits per heavy atom. The minimum absolute atomic E-state index is 0.447. The number of pyridine rings is 1. The quantitative estimate of drug-likeness (QED) is 0.241. The van der Waals surface area contributed by atoms with Gasteiger partial charge in [0.1, 0.15) is 15.9 Å². The van der Waals surface area contributed by atoms with Crippen molar-refractivity contribution in [2.75, 3.05) is 5.75 Å². The van der Waals surface area contributed by atoms with Gasteiger partial charge in [0, 0.05) is 16.8 Å². The highest BCUT2D eigenvalue weighted by Gasteiger charge is 2.24. The summed E-state index contributed by atoms with van der Waals surface area (Å²) in [5.74, 6) is 1.53. The lowest BCUT2D eigenvalue weighted by Crippen LogP contribution is -2.10. The first-order chi connectivity index (χ1) is 14.7. The molecule has 4 aromatic rings. The molecule has 0 atom stereocenters. The average molecular weight is 440 g/mol. The van der Waals surface area contributed by atoms with Crippen molar-refractivity contribution < 1.29 is 0 Å². The van der Waals surface area contributed by atoms with Crippen molar-refractivity contribution in [2.45, 2.75) is 83.2 Å². The van der Waals surface area contributed by atoms with Gasteiger partial charge in [0.25, 0.3) is 0 Å². The smallest absolute Gasteiger partial charge is 0.196 e. The third-order valence-corrected chi connectivity index (χ3v) is 8.21. The molecule has 0 bridgehead atoms. The number of aromatic nitrogens is 5. The Kier molecular flexibility index (Phi) is 5.67. The average Bonchev–Trinajstić information content (AvgIpc) is 3.34. The Balaban J connectivity index is 1.60. The fourth-order valence-electron chi connectivity index (χ4n) is 4.60. The normalized spacial score (nSPS) is 14.4. The number of aryl methyl sites for hydroxylation is 1. The molecular weight excluding hydrogens is 410 g/mol. The Morgan fingerprint density at radius 1 is 1.10 bits per heavy atom. The summed E-state index contributed by atoms with van der Waals surface area (Å²) in [6.07, 6.45) is 11.8. The molecule has 0 aliphatic heterocycles. The van der Waals surface area contributed by atoms with Gasteiger partial charge >= 0.3 is 0 Å². The van der Waals surface area contributed by atoms with Crippen molar-refractivity contribution in [3.8, 4) is 0 Å². The number of thiophene rings is 1. The summed E-state index contributed by atoms with van der Waals surface area (Å²) in [4.78, 5) is 11.2. The summed E-state index contributed by atoms with van der Waals surface area (Å²) < 4.78 is 3.19. The largest absolute Gasteiger partial charge is 0.259 e. The van der Waals surface area contributed by atoms with Gasteiger partial charge < -0.3 is 0 Å². The van der Waals surface area contributed by atoms with E-state index >= 15 is 0 Å². The van der Waals surface area contributed by atoms with Crippen LogP contribution in [0.4, 0.5) is 0 Å². The molecule has 0 amide bonds. The van der Waals surface area contributed by atoms with Gasteiger partial charge in [-0.2, -0.15) is 0 Å². The van der Waals surface area contributed by atoms with Crippen molar-refractivity contribution >= 4 is 49.2 Å². The number of unbranched alkanes of at least 4 members (excludes halogenated alkanes) is 3. The van der Waals surface area contributed by atoms with Gasteiger partial charge in [-0.15, -0.1) is 21.5 Å². The molecule has 30 heavy (non-hydrogen) atoms. The van der Waals surface area contributed by atoms with Crippen LogP contribution in [0, 0.1) is 0 Å². The van der Waals surface area contributed by atoms with E-state index in [0.29, 0.717) is 5.92 Å². The lowest BCUT2D eigenvalue weighted by Gasteiger charge is -2.21. The van der Waals surface area contributed by atoms with Gasteiger partial charge in [-0.3, -0.25) is 4.40 Å². The van der Waals surface area contributed by atoms with Gasteiger partial charge in [-0.05, 0) is 49.1 Å². The Labute approximate surface area is 185 Å². The predicted molar refractivity (Wildman–Crippen MR) is 127 cm³/mol. The van der Waals surface area contributed by atoms with Crippen LogP contribution in [0.25, 0.3) is 26.1 Å². The second kappa shape index (κ2) is 8.42. The van der Waals surface area contributed by atoms with Crippen molar-refractivity contribution in [1.29, 1.82) is 0 Å². The van der Waals surface area contributed by atoms with E-state index in [1.54, 1.807) is 23.1 Å². The summed E-state index contributed by atoms with van der Waals surface area (Å²) in [5, 5.41) is 11.3. The van der Waals surface area contributed by atoms with Crippen LogP contribution in [0.1, 0.15) is 82.0 Å². The van der Waals surface area contributed by atoms with Crippen LogP contribution in [0.5, 0.6) is 0 Å². The molecule has 5 nitrogen and oxygen atoms in total. The summed E-state index contributed by atoms with van der Waals surface area (Å²) >= 11 is 3.53. The maximum Gasteiger partial charge on any atom is 0.196 e. The number of nitrogens with zero attached hydrogens (tertiary/aromatic N) is 5. The first kappa shape index (κ1) is 20.2. The molecule has 1 aliphatic rings. The van der Waals surface area contributed by atoms with Crippen LogP contribution in [-0.2, 0) is 12.8 Å². The zero-order valence-corrected chi connectivity index (χ0v) is 19.7. The molecule has 0 fully saturated rings. The number of hydrogen-bond donors (Lipinski definition) is 0. The minimum Gasteiger partial charge on any atom is -0.259 e. The molecule has 0 radical (unpaired) electrons. The minimum atomic E-state index is 0.447. The maximum atomic E-state index is 5.13. The van der Waals surface area contributed by atoms with Crippen LogP contribution in [-0.4, -0.2) is 30.3 Å². The summed E-state index contributed by atoms with van der Waals surface area (Å²) in [5.41, 5.74) is 6.24. The lowest BCUT2D eigenvalue weighted by atomic mass is 9.86. The van der Waals surface area contributed by atoms with Gasteiger partial charge in [-0.1, -0.05) is 51.8 Å². The van der Waals surface area contributed by atoms with Gasteiger partial charge in [0.15, 0.2) is 10.8 Å². The highest BCUT2D eigenvalue weighted by molar-refractivity contribution is 7.99. The van der Waals surface area contributed by atoms with Crippen LogP contribution in [0.3, 0.4) is 0 Å². The molecule has 7 heteroatoms. The Hall–Kier alpha value is -1.73. The van der Waals surface area contributed by atoms with Crippen molar-refractivity contribution in [1.82, 2.24) is 24.6 Å². The van der Waals surface area contributed by atoms with E-state index in [-0.39, 0.29) is 0 Å². The molecule has 0 aromatic carbocycles. The van der Waals surface area contributed by atoms with Crippen molar-refractivity contribution in [3.05, 3.63) is 23.1 Å². The van der Waals surface area contributed by atoms with E-state index in [1.807, 2.05) is 6.33 Å². The number of rotatable bonds is 7. The monoisotopic (exact) mass is 439 g/mol. The third-order valence-electron chi connectivity index (χ3n) is 6.11. The second-order valence-corrected chi connectivity index (χ2v) is 10.7. The van der Waals surface area contributed by atoms with E-state index in [1.165, 1.54) is 60.7 Å². The highest BCUT2D eigenvalue weighted by Crippen LogP contribution is 2.41. The molecule has 5 rings (SSSR count). The predicted octanol–water partition coefficient (Wildman–Crippen LogP) is 6.56. The summed E-state index contributed by atoms with van der Waals surface area (Å²) in [6, 6.07) is 0. The maximum absolute atomic E-state index is 5.13. The number of hydrogen-bond acceptors (Lipinski definition) is 6. The van der Waals surface area contributed by atoms with Gasteiger partial charge in [0.2, 0.25) is 0 Å². The van der Waals surface area contributed by atoms with E-state index in [4.69, 9.17) is 9.97 Å². The zero-order valence-electron chi connectivity index (χ0n) is 18.1. The fraction of sp³-hybridized carbons (Fsp3) is 0.565. The van der Waals surface area contributed by atoms with E-state index in [2.05, 4.69) is 35.4 Å². The highest BCUT2D eigenvalue weighted by atomic mass is 32.2. The standard InChI is InChI=1S/C23H29N5S2/c1-4-5-6-9-12-29-23-27-26-21-20-19(24-13-28(21)23)17-15-10-7-8-11-16(15)18(14(2)3)25-22(17)30-20/h13-14H,4-12H2,1-3H3. The topological polar surface area (TPSA) is 56.0 Å². The summed E-state index contributed by atoms with van der Waals surface area (Å²) in [6.45, 7) is 6.77. The van der Waals surface area contributed by atoms with Crippen LogP contribution < -0.4 is 0 Å². The number of thioether (sulfide) groups is 1. The van der Waals surface area contributed by atoms with Crippen LogP contribution in [0.2, 0.25) is 0 Å². The molecule has 4 aromatic heterocycles. The van der Waals surface area contributed by atoms with Crippen LogP contribution >= 0.6 is 23.1 Å². The van der Waals surface area contributed by atoms with E-state index < -0.39 is 0 Å². The first-order valence-electron chi connectivity index (χ1n) is 11.3. The second-order valence-electron chi connectivity index (χ2n) is 8.61. The zero-order chi connectivity index (χ0) is 20.7. The van der Waals surface area contributed by atoms with Crippen LogP contribution in [0.15, 0.2) is 11.5 Å². The van der Waals surface area contributed by atoms with E-state index in [9.17, 15) is 0 Å². The number of fused-ring (bicyclic) bond motifs is 7. The third kappa shape index (κ3) is 3.40. The van der Waals surface area contributed by atoms with Gasteiger partial charge in [-0.25, -0.2) is 9.97 Å². The molecule has 158 valence electrons. The summed E-state index contributed by atoms with van der Waals surface area (Å²) in [7, 11) is 0. The molecule has 4 heterocycles. The molecular formula is C23H29N5S2. The molecule has 0 unspecified atom stereocenters. The molecule has 1 aliphatic carbocycles. The lowest BCUT2D eigenvalue weighted by molar-refractivity contribution is 0.667.